The SMILES string of the molecule is C=C(/C=C\c1nc(C2=CC=C(NC(=O)C3=CCCCC3)CC2)[nH]c1C)C(=O)NC1CCCCC1. The van der Waals surface area contributed by atoms with Crippen molar-refractivity contribution in [3.05, 3.63) is 64.9 Å². The molecule has 0 bridgehead atoms. The van der Waals surface area contributed by atoms with Gasteiger partial charge in [-0.25, -0.2) is 4.98 Å². The smallest absolute Gasteiger partial charge is 0.251 e. The number of nitrogens with one attached hydrogen (secondary N) is 3. The van der Waals surface area contributed by atoms with E-state index in [4.69, 9.17) is 4.98 Å². The summed E-state index contributed by atoms with van der Waals surface area (Å²) < 4.78 is 0. The number of nitrogens with zero attached hydrogens (tertiary/aromatic N) is 1. The number of aromatic nitrogens is 2. The van der Waals surface area contributed by atoms with Gasteiger partial charge in [0.25, 0.3) is 11.8 Å². The molecule has 0 saturated heterocycles. The van der Waals surface area contributed by atoms with Gasteiger partial charge < -0.3 is 15.6 Å². The first-order valence-corrected chi connectivity index (χ1v) is 12.6. The number of aromatic amines is 1. The number of carbonyl (C=O) groups is 2. The maximum Gasteiger partial charge on any atom is 0.251 e. The van der Waals surface area contributed by atoms with Gasteiger partial charge in [-0.15, -0.1) is 0 Å². The molecule has 0 unspecified atom stereocenters. The van der Waals surface area contributed by atoms with Gasteiger partial charge in [0.15, 0.2) is 0 Å². The zero-order valence-corrected chi connectivity index (χ0v) is 20.2. The Morgan fingerprint density at radius 1 is 1.09 bits per heavy atom. The second kappa shape index (κ2) is 11.3. The number of carbonyl (C=O) groups excluding carboxylic acids is 2. The van der Waals surface area contributed by atoms with E-state index >= 15 is 0 Å². The minimum absolute atomic E-state index is 0.0387. The van der Waals surface area contributed by atoms with Crippen molar-refractivity contribution in [2.45, 2.75) is 83.6 Å². The summed E-state index contributed by atoms with van der Waals surface area (Å²) in [7, 11) is 0. The van der Waals surface area contributed by atoms with Crippen molar-refractivity contribution in [2.75, 3.05) is 0 Å². The molecular formula is C28H36N4O2. The summed E-state index contributed by atoms with van der Waals surface area (Å²) in [6.07, 6.45) is 21.1. The van der Waals surface area contributed by atoms with Crippen LogP contribution in [0, 0.1) is 6.92 Å². The zero-order chi connectivity index (χ0) is 23.9. The van der Waals surface area contributed by atoms with Crippen molar-refractivity contribution in [3.63, 3.8) is 0 Å². The molecule has 34 heavy (non-hydrogen) atoms. The van der Waals surface area contributed by atoms with Crippen LogP contribution in [0.4, 0.5) is 0 Å². The molecule has 1 aromatic rings. The minimum atomic E-state index is -0.102. The molecule has 1 heterocycles. The van der Waals surface area contributed by atoms with E-state index in [-0.39, 0.29) is 17.9 Å². The van der Waals surface area contributed by atoms with E-state index in [1.165, 1.54) is 25.7 Å². The lowest BCUT2D eigenvalue weighted by atomic mass is 9.95. The number of H-pyrrole nitrogens is 1. The second-order valence-electron chi connectivity index (χ2n) is 9.58. The fraction of sp³-hybridized carbons (Fsp3) is 0.464. The van der Waals surface area contributed by atoms with Crippen LogP contribution in [0.3, 0.4) is 0 Å². The molecule has 0 aliphatic heterocycles. The molecule has 0 aromatic carbocycles. The molecule has 3 aliphatic carbocycles. The summed E-state index contributed by atoms with van der Waals surface area (Å²) in [5.74, 6) is 0.762. The quantitative estimate of drug-likeness (QED) is 0.375. The number of aryl methyl sites for hydroxylation is 1. The molecule has 0 radical (unpaired) electrons. The number of amides is 2. The van der Waals surface area contributed by atoms with Crippen molar-refractivity contribution >= 4 is 23.5 Å². The van der Waals surface area contributed by atoms with Gasteiger partial charge >= 0.3 is 0 Å². The molecule has 1 saturated carbocycles. The summed E-state index contributed by atoms with van der Waals surface area (Å²) >= 11 is 0. The van der Waals surface area contributed by atoms with Crippen molar-refractivity contribution < 1.29 is 9.59 Å². The van der Waals surface area contributed by atoms with E-state index in [2.05, 4.69) is 28.3 Å². The number of hydrogen-bond donors (Lipinski definition) is 3. The highest BCUT2D eigenvalue weighted by molar-refractivity contribution is 5.96. The molecule has 0 spiro atoms. The minimum Gasteiger partial charge on any atom is -0.349 e. The molecule has 1 fully saturated rings. The monoisotopic (exact) mass is 460 g/mol. The van der Waals surface area contributed by atoms with Crippen molar-refractivity contribution in [3.8, 4) is 0 Å². The summed E-state index contributed by atoms with van der Waals surface area (Å²) in [4.78, 5) is 33.0. The lowest BCUT2D eigenvalue weighted by molar-refractivity contribution is -0.118. The summed E-state index contributed by atoms with van der Waals surface area (Å²) in [6.45, 7) is 5.91. The van der Waals surface area contributed by atoms with Crippen LogP contribution in [0.2, 0.25) is 0 Å². The lowest BCUT2D eigenvalue weighted by Crippen LogP contribution is -2.36. The second-order valence-corrected chi connectivity index (χ2v) is 9.58. The number of allylic oxidation sites excluding steroid dienone is 5. The molecular weight excluding hydrogens is 424 g/mol. The normalized spacial score (nSPS) is 19.3. The zero-order valence-electron chi connectivity index (χ0n) is 20.2. The highest BCUT2D eigenvalue weighted by atomic mass is 16.2. The third-order valence-corrected chi connectivity index (χ3v) is 6.91. The van der Waals surface area contributed by atoms with E-state index in [9.17, 15) is 9.59 Å². The van der Waals surface area contributed by atoms with Crippen LogP contribution >= 0.6 is 0 Å². The van der Waals surface area contributed by atoms with Crippen molar-refractivity contribution in [2.24, 2.45) is 0 Å². The van der Waals surface area contributed by atoms with Gasteiger partial charge in [0.05, 0.1) is 5.69 Å². The molecule has 6 heteroatoms. The summed E-state index contributed by atoms with van der Waals surface area (Å²) in [6, 6.07) is 0.269. The van der Waals surface area contributed by atoms with Gasteiger partial charge in [0, 0.05) is 28.6 Å². The van der Waals surface area contributed by atoms with Gasteiger partial charge in [-0.2, -0.15) is 0 Å². The molecule has 4 rings (SSSR count). The molecule has 3 aliphatic rings. The summed E-state index contributed by atoms with van der Waals surface area (Å²) in [5, 5.41) is 6.17. The Kier molecular flexibility index (Phi) is 7.99. The lowest BCUT2D eigenvalue weighted by Gasteiger charge is -2.22. The Hall–Kier alpha value is -3.15. The standard InChI is InChI=1S/C28H36N4O2/c1-19(27(33)30-23-11-7-4-8-12-23)13-18-25-20(2)29-26(32-25)21-14-16-24(17-15-21)31-28(34)22-9-5-3-6-10-22/h9,13-14,16,18,23H,1,3-8,10-12,15,17H2,2H3,(H,29,32)(H,30,33)(H,31,34)/b18-13-. The van der Waals surface area contributed by atoms with E-state index in [0.29, 0.717) is 5.57 Å². The van der Waals surface area contributed by atoms with Gasteiger partial charge in [-0.05, 0) is 82.1 Å². The Balaban J connectivity index is 1.35. The van der Waals surface area contributed by atoms with Gasteiger partial charge in [-0.3, -0.25) is 9.59 Å². The molecule has 180 valence electrons. The van der Waals surface area contributed by atoms with Crippen LogP contribution in [-0.4, -0.2) is 27.8 Å². The van der Waals surface area contributed by atoms with Gasteiger partial charge in [0.2, 0.25) is 0 Å². The molecule has 6 nitrogen and oxygen atoms in total. The number of imidazole rings is 1. The van der Waals surface area contributed by atoms with E-state index < -0.39 is 0 Å². The van der Waals surface area contributed by atoms with E-state index in [0.717, 1.165) is 79.0 Å². The van der Waals surface area contributed by atoms with Crippen molar-refractivity contribution in [1.29, 1.82) is 0 Å². The van der Waals surface area contributed by atoms with Gasteiger partial charge in [0.1, 0.15) is 5.82 Å². The van der Waals surface area contributed by atoms with Crippen molar-refractivity contribution in [1.82, 2.24) is 20.6 Å². The maximum atomic E-state index is 12.4. The predicted molar refractivity (Wildman–Crippen MR) is 137 cm³/mol. The topological polar surface area (TPSA) is 86.9 Å². The average molecular weight is 461 g/mol. The highest BCUT2D eigenvalue weighted by Crippen LogP contribution is 2.26. The third kappa shape index (κ3) is 6.25. The molecule has 2 amide bonds. The molecule has 0 atom stereocenters. The van der Waals surface area contributed by atoms with Gasteiger partial charge in [-0.1, -0.05) is 38.0 Å². The first-order chi connectivity index (χ1) is 16.5. The molecule has 1 aromatic heterocycles. The highest BCUT2D eigenvalue weighted by Gasteiger charge is 2.18. The Morgan fingerprint density at radius 3 is 2.62 bits per heavy atom. The van der Waals surface area contributed by atoms with Crippen LogP contribution in [0.5, 0.6) is 0 Å². The third-order valence-electron chi connectivity index (χ3n) is 6.91. The largest absolute Gasteiger partial charge is 0.349 e. The first-order valence-electron chi connectivity index (χ1n) is 12.6. The van der Waals surface area contributed by atoms with Crippen LogP contribution in [0.25, 0.3) is 11.6 Å². The Labute approximate surface area is 202 Å². The fourth-order valence-electron chi connectivity index (χ4n) is 4.78. The molecule has 3 N–H and O–H groups in total. The van der Waals surface area contributed by atoms with E-state index in [1.54, 1.807) is 6.08 Å². The Morgan fingerprint density at radius 2 is 1.91 bits per heavy atom. The van der Waals surface area contributed by atoms with Crippen LogP contribution in [0.1, 0.15) is 87.8 Å². The predicted octanol–water partition coefficient (Wildman–Crippen LogP) is 5.41. The van der Waals surface area contributed by atoms with Crippen LogP contribution < -0.4 is 10.6 Å². The van der Waals surface area contributed by atoms with Crippen LogP contribution in [0.15, 0.2) is 47.7 Å². The first kappa shape index (κ1) is 24.0. The fourth-order valence-corrected chi connectivity index (χ4v) is 4.78. The van der Waals surface area contributed by atoms with E-state index in [1.807, 2.05) is 25.2 Å². The Bertz CT molecular complexity index is 1060. The maximum absolute atomic E-state index is 12.4. The average Bonchev–Trinajstić information content (AvgIpc) is 3.24. The van der Waals surface area contributed by atoms with Crippen LogP contribution in [-0.2, 0) is 9.59 Å². The number of hydrogen-bond acceptors (Lipinski definition) is 3. The number of rotatable bonds is 7. The summed E-state index contributed by atoms with van der Waals surface area (Å²) in [5.41, 5.74) is 5.15.